The van der Waals surface area contributed by atoms with Crippen LogP contribution in [-0.2, 0) is 56.9 Å². The summed E-state index contributed by atoms with van der Waals surface area (Å²) in [6, 6.07) is 0. The summed E-state index contributed by atoms with van der Waals surface area (Å²) in [5, 5.41) is 11.2. The van der Waals surface area contributed by atoms with Gasteiger partial charge in [-0.2, -0.15) is 0 Å². The van der Waals surface area contributed by atoms with Crippen LogP contribution in [0.15, 0.2) is 12.2 Å². The van der Waals surface area contributed by atoms with E-state index in [1.807, 2.05) is 0 Å². The monoisotopic (exact) mass is 681 g/mol. The predicted molar refractivity (Wildman–Crippen MR) is 171 cm³/mol. The van der Waals surface area contributed by atoms with Crippen LogP contribution in [0.4, 0.5) is 4.79 Å². The van der Waals surface area contributed by atoms with Crippen LogP contribution in [0.1, 0.15) is 38.5 Å². The maximum absolute atomic E-state index is 11.9. The number of ether oxygens (including phenoxy) is 11. The zero-order valence-electron chi connectivity index (χ0n) is 28.1. The van der Waals surface area contributed by atoms with E-state index >= 15 is 0 Å². The van der Waals surface area contributed by atoms with Crippen LogP contribution in [0, 0.1) is 0 Å². The van der Waals surface area contributed by atoms with Gasteiger partial charge in [0.05, 0.1) is 139 Å². The van der Waals surface area contributed by atoms with Gasteiger partial charge in [0.25, 0.3) is 0 Å². The standard InChI is InChI=1S/C32H59NO14/c34-31(35)8-10-37-12-14-39-16-18-41-20-22-43-24-26-45-28-29-46-27-25-44-23-21-42-19-17-40-15-13-38-11-9-33-32(36)47-30-6-4-2-1-3-5-7-30/h1-2,30H,3-29H2,(H,33,36)(H,34,35)/b2-1+. The van der Waals surface area contributed by atoms with E-state index in [1.54, 1.807) is 0 Å². The Kier molecular flexibility index (Phi) is 32.5. The molecule has 0 radical (unpaired) electrons. The van der Waals surface area contributed by atoms with Crippen LogP contribution in [0.5, 0.6) is 0 Å². The minimum Gasteiger partial charge on any atom is -0.481 e. The van der Waals surface area contributed by atoms with E-state index in [0.29, 0.717) is 132 Å². The maximum atomic E-state index is 11.9. The van der Waals surface area contributed by atoms with Crippen molar-refractivity contribution in [1.82, 2.24) is 5.32 Å². The van der Waals surface area contributed by atoms with Gasteiger partial charge in [0.15, 0.2) is 0 Å². The van der Waals surface area contributed by atoms with E-state index in [4.69, 9.17) is 57.2 Å². The van der Waals surface area contributed by atoms with E-state index in [9.17, 15) is 9.59 Å². The van der Waals surface area contributed by atoms with Gasteiger partial charge >= 0.3 is 12.1 Å². The smallest absolute Gasteiger partial charge is 0.407 e. The zero-order valence-corrected chi connectivity index (χ0v) is 28.1. The number of hydrogen-bond acceptors (Lipinski definition) is 13. The highest BCUT2D eigenvalue weighted by atomic mass is 16.6. The highest BCUT2D eigenvalue weighted by Gasteiger charge is 2.14. The van der Waals surface area contributed by atoms with Crippen LogP contribution >= 0.6 is 0 Å². The first kappa shape index (κ1) is 43.1. The Morgan fingerprint density at radius 2 is 0.872 bits per heavy atom. The van der Waals surface area contributed by atoms with Crippen LogP contribution in [0.3, 0.4) is 0 Å². The average molecular weight is 682 g/mol. The van der Waals surface area contributed by atoms with Crippen molar-refractivity contribution in [2.75, 3.05) is 139 Å². The molecule has 1 atom stereocenters. The minimum atomic E-state index is -0.876. The van der Waals surface area contributed by atoms with Crippen molar-refractivity contribution in [3.05, 3.63) is 12.2 Å². The first-order chi connectivity index (χ1) is 23.2. The number of carbonyl (C=O) groups excluding carboxylic acids is 1. The normalized spacial score (nSPS) is 15.6. The van der Waals surface area contributed by atoms with Crippen LogP contribution < -0.4 is 5.32 Å². The quantitative estimate of drug-likeness (QED) is 0.0749. The summed E-state index contributed by atoms with van der Waals surface area (Å²) in [6.07, 6.45) is 8.77. The SMILES string of the molecule is O=C(O)CCOCCOCCOCCOCCOCCOCCOCCOCCOCCOCCNC(=O)OC1CC/C=C/CCC1. The molecule has 0 aromatic carbocycles. The van der Waals surface area contributed by atoms with Gasteiger partial charge in [-0.05, 0) is 32.1 Å². The van der Waals surface area contributed by atoms with Crippen molar-refractivity contribution >= 4 is 12.1 Å². The van der Waals surface area contributed by atoms with Gasteiger partial charge < -0.3 is 62.5 Å². The largest absolute Gasteiger partial charge is 0.481 e. The molecule has 276 valence electrons. The lowest BCUT2D eigenvalue weighted by atomic mass is 10.0. The second-order valence-corrected chi connectivity index (χ2v) is 10.2. The van der Waals surface area contributed by atoms with Crippen LogP contribution in [0.25, 0.3) is 0 Å². The fourth-order valence-corrected chi connectivity index (χ4v) is 3.90. The molecule has 1 unspecified atom stereocenters. The molecule has 0 bridgehead atoms. The van der Waals surface area contributed by atoms with Crippen molar-refractivity contribution in [3.63, 3.8) is 0 Å². The lowest BCUT2D eigenvalue weighted by Gasteiger charge is -2.18. The minimum absolute atomic E-state index is 0.00487. The Morgan fingerprint density at radius 1 is 0.511 bits per heavy atom. The number of carboxylic acid groups (broad SMARTS) is 1. The first-order valence-corrected chi connectivity index (χ1v) is 16.8. The topological polar surface area (TPSA) is 168 Å². The number of amides is 1. The Labute approximate surface area is 279 Å². The summed E-state index contributed by atoms with van der Waals surface area (Å²) in [4.78, 5) is 22.2. The molecule has 0 saturated carbocycles. The molecule has 0 spiro atoms. The molecule has 15 heteroatoms. The molecule has 1 aliphatic rings. The van der Waals surface area contributed by atoms with Crippen molar-refractivity contribution in [2.45, 2.75) is 44.6 Å². The molecule has 1 aliphatic carbocycles. The van der Waals surface area contributed by atoms with Gasteiger partial charge in [-0.1, -0.05) is 12.2 Å². The number of aliphatic carboxylic acids is 1. The number of allylic oxidation sites excluding steroid dienone is 2. The molecule has 0 saturated heterocycles. The van der Waals surface area contributed by atoms with Crippen molar-refractivity contribution in [3.8, 4) is 0 Å². The number of rotatable bonds is 34. The predicted octanol–water partition coefficient (Wildman–Crippen LogP) is 2.24. The molecule has 1 amide bonds. The Morgan fingerprint density at radius 3 is 1.28 bits per heavy atom. The van der Waals surface area contributed by atoms with Crippen molar-refractivity contribution in [2.24, 2.45) is 0 Å². The Balaban J connectivity index is 1.65. The summed E-state index contributed by atoms with van der Waals surface area (Å²) >= 11 is 0. The van der Waals surface area contributed by atoms with E-state index in [-0.39, 0.29) is 25.2 Å². The third-order valence-electron chi connectivity index (χ3n) is 6.32. The van der Waals surface area contributed by atoms with Gasteiger partial charge in [0.2, 0.25) is 0 Å². The molecule has 0 fully saturated rings. The number of carboxylic acids is 1. The number of nitrogens with one attached hydrogen (secondary N) is 1. The maximum Gasteiger partial charge on any atom is 0.407 e. The summed E-state index contributed by atoms with van der Waals surface area (Å²) < 4.78 is 59.5. The average Bonchev–Trinajstić information content (AvgIpc) is 3.04. The molecule has 15 nitrogen and oxygen atoms in total. The van der Waals surface area contributed by atoms with Gasteiger partial charge in [0.1, 0.15) is 6.10 Å². The summed E-state index contributed by atoms with van der Waals surface area (Å²) in [5.41, 5.74) is 0. The molecule has 0 aromatic rings. The molecule has 0 heterocycles. The van der Waals surface area contributed by atoms with E-state index < -0.39 is 5.97 Å². The third-order valence-corrected chi connectivity index (χ3v) is 6.32. The van der Waals surface area contributed by atoms with E-state index in [2.05, 4.69) is 17.5 Å². The molecule has 1 rings (SSSR count). The Hall–Kier alpha value is -1.92. The fraction of sp³-hybridized carbons (Fsp3) is 0.875. The highest BCUT2D eigenvalue weighted by Crippen LogP contribution is 2.15. The van der Waals surface area contributed by atoms with E-state index in [0.717, 1.165) is 32.1 Å². The summed E-state index contributed by atoms with van der Waals surface area (Å²) in [5.74, 6) is -0.876. The molecule has 0 aromatic heterocycles. The number of alkyl carbamates (subject to hydrolysis) is 1. The second-order valence-electron chi connectivity index (χ2n) is 10.2. The van der Waals surface area contributed by atoms with Gasteiger partial charge in [-0.3, -0.25) is 4.79 Å². The number of carbonyl (C=O) groups is 2. The van der Waals surface area contributed by atoms with Gasteiger partial charge in [-0.25, -0.2) is 4.79 Å². The lowest BCUT2D eigenvalue weighted by Crippen LogP contribution is -2.31. The first-order valence-electron chi connectivity index (χ1n) is 16.8. The molecular weight excluding hydrogens is 622 g/mol. The molecule has 0 aliphatic heterocycles. The Bertz CT molecular complexity index is 730. The molecular formula is C32H59NO14. The number of hydrogen-bond donors (Lipinski definition) is 2. The lowest BCUT2D eigenvalue weighted by molar-refractivity contribution is -0.138. The fourth-order valence-electron chi connectivity index (χ4n) is 3.90. The van der Waals surface area contributed by atoms with Gasteiger partial charge in [-0.15, -0.1) is 0 Å². The van der Waals surface area contributed by atoms with Crippen LogP contribution in [-0.4, -0.2) is 162 Å². The van der Waals surface area contributed by atoms with E-state index in [1.165, 1.54) is 0 Å². The highest BCUT2D eigenvalue weighted by molar-refractivity contribution is 5.67. The molecule has 2 N–H and O–H groups in total. The summed E-state index contributed by atoms with van der Waals surface area (Å²) in [7, 11) is 0. The van der Waals surface area contributed by atoms with Gasteiger partial charge in [0, 0.05) is 6.54 Å². The third kappa shape index (κ3) is 33.8. The second kappa shape index (κ2) is 35.4. The molecule has 47 heavy (non-hydrogen) atoms. The summed E-state index contributed by atoms with van der Waals surface area (Å²) in [6.45, 7) is 9.30. The zero-order chi connectivity index (χ0) is 33.7. The van der Waals surface area contributed by atoms with Crippen molar-refractivity contribution in [1.29, 1.82) is 0 Å². The van der Waals surface area contributed by atoms with Crippen molar-refractivity contribution < 1.29 is 66.8 Å². The van der Waals surface area contributed by atoms with Crippen LogP contribution in [0.2, 0.25) is 0 Å².